The maximum atomic E-state index is 6.40. The molecule has 0 radical (unpaired) electrons. The van der Waals surface area contributed by atoms with E-state index in [9.17, 15) is 0 Å². The van der Waals surface area contributed by atoms with Crippen LogP contribution in [0, 0.1) is 0 Å². The van der Waals surface area contributed by atoms with Gasteiger partial charge in [-0.05, 0) is 25.1 Å². The number of likely N-dealkylation sites (N-methyl/N-ethyl adjacent to an activating group) is 1. The molecular formula is C15H22N4. The van der Waals surface area contributed by atoms with E-state index in [0.29, 0.717) is 6.04 Å². The summed E-state index contributed by atoms with van der Waals surface area (Å²) in [5, 5.41) is 4.81. The highest BCUT2D eigenvalue weighted by Crippen LogP contribution is 2.25. The summed E-state index contributed by atoms with van der Waals surface area (Å²) in [6.07, 6.45) is 3.04. The van der Waals surface area contributed by atoms with E-state index in [1.165, 1.54) is 16.5 Å². The average molecular weight is 258 g/mol. The summed E-state index contributed by atoms with van der Waals surface area (Å²) in [6.45, 7) is 3.26. The number of hydrogen-bond donors (Lipinski definition) is 3. The number of H-pyrrole nitrogens is 1. The Balaban J connectivity index is 1.74. The first-order valence-electron chi connectivity index (χ1n) is 6.97. The summed E-state index contributed by atoms with van der Waals surface area (Å²) in [7, 11) is 2.17. The molecule has 0 amide bonds. The van der Waals surface area contributed by atoms with Gasteiger partial charge in [-0.25, -0.2) is 0 Å². The largest absolute Gasteiger partial charge is 0.361 e. The number of benzene rings is 1. The van der Waals surface area contributed by atoms with Crippen LogP contribution in [0.25, 0.3) is 10.9 Å². The minimum atomic E-state index is 0.0835. The van der Waals surface area contributed by atoms with Crippen molar-refractivity contribution in [2.45, 2.75) is 18.5 Å². The molecule has 2 heterocycles. The smallest absolute Gasteiger partial charge is 0.0457 e. The standard InChI is InChI=1S/C15H22N4/c1-19-7-6-17-11(10-19)8-14(16)13-9-18-15-5-3-2-4-12(13)15/h2-5,9,11,14,17-18H,6-8,10,16H2,1H3. The third-order valence-corrected chi connectivity index (χ3v) is 4.02. The molecule has 2 unspecified atom stereocenters. The molecule has 3 rings (SSSR count). The number of fused-ring (bicyclic) bond motifs is 1. The van der Waals surface area contributed by atoms with Crippen LogP contribution in [0.2, 0.25) is 0 Å². The van der Waals surface area contributed by atoms with Crippen molar-refractivity contribution in [2.75, 3.05) is 26.7 Å². The number of nitrogens with two attached hydrogens (primary N) is 1. The molecule has 1 aromatic heterocycles. The summed E-state index contributed by atoms with van der Waals surface area (Å²) in [5.74, 6) is 0. The number of nitrogens with one attached hydrogen (secondary N) is 2. The van der Waals surface area contributed by atoms with Gasteiger partial charge in [-0.2, -0.15) is 0 Å². The zero-order valence-electron chi connectivity index (χ0n) is 11.4. The zero-order valence-corrected chi connectivity index (χ0v) is 11.4. The second kappa shape index (κ2) is 5.33. The highest BCUT2D eigenvalue weighted by molar-refractivity contribution is 5.83. The summed E-state index contributed by atoms with van der Waals surface area (Å²) in [5.41, 5.74) is 8.80. The third-order valence-electron chi connectivity index (χ3n) is 4.02. The molecule has 4 heteroatoms. The molecule has 0 spiro atoms. The Bertz CT molecular complexity index is 548. The van der Waals surface area contributed by atoms with Crippen LogP contribution in [0.15, 0.2) is 30.5 Å². The van der Waals surface area contributed by atoms with E-state index in [2.05, 4.69) is 46.6 Å². The van der Waals surface area contributed by atoms with E-state index in [1.807, 2.05) is 6.07 Å². The van der Waals surface area contributed by atoms with E-state index in [0.717, 1.165) is 26.1 Å². The van der Waals surface area contributed by atoms with Crippen molar-refractivity contribution in [1.82, 2.24) is 15.2 Å². The Morgan fingerprint density at radius 1 is 1.42 bits per heavy atom. The van der Waals surface area contributed by atoms with Gasteiger partial charge in [-0.15, -0.1) is 0 Å². The van der Waals surface area contributed by atoms with Gasteiger partial charge in [0.1, 0.15) is 0 Å². The molecule has 1 aromatic carbocycles. The lowest BCUT2D eigenvalue weighted by Crippen LogP contribution is -2.49. The van der Waals surface area contributed by atoms with Crippen molar-refractivity contribution < 1.29 is 0 Å². The number of hydrogen-bond acceptors (Lipinski definition) is 3. The fourth-order valence-electron chi connectivity index (χ4n) is 2.98. The third kappa shape index (κ3) is 2.66. The van der Waals surface area contributed by atoms with Crippen molar-refractivity contribution in [3.63, 3.8) is 0 Å². The maximum absolute atomic E-state index is 6.40. The second-order valence-electron chi connectivity index (χ2n) is 5.55. The van der Waals surface area contributed by atoms with Crippen LogP contribution in [0.3, 0.4) is 0 Å². The Morgan fingerprint density at radius 2 is 2.26 bits per heavy atom. The van der Waals surface area contributed by atoms with E-state index in [1.54, 1.807) is 0 Å². The van der Waals surface area contributed by atoms with Crippen molar-refractivity contribution in [1.29, 1.82) is 0 Å². The fourth-order valence-corrected chi connectivity index (χ4v) is 2.98. The van der Waals surface area contributed by atoms with Gasteiger partial charge in [-0.1, -0.05) is 18.2 Å². The molecule has 1 aliphatic heterocycles. The van der Waals surface area contributed by atoms with Gasteiger partial charge >= 0.3 is 0 Å². The minimum Gasteiger partial charge on any atom is -0.361 e. The lowest BCUT2D eigenvalue weighted by molar-refractivity contribution is 0.226. The van der Waals surface area contributed by atoms with Crippen LogP contribution in [0.5, 0.6) is 0 Å². The first-order valence-corrected chi connectivity index (χ1v) is 6.97. The maximum Gasteiger partial charge on any atom is 0.0457 e. The van der Waals surface area contributed by atoms with Crippen molar-refractivity contribution in [3.05, 3.63) is 36.0 Å². The first-order chi connectivity index (χ1) is 9.24. The van der Waals surface area contributed by atoms with Crippen molar-refractivity contribution in [3.8, 4) is 0 Å². The summed E-state index contributed by atoms with van der Waals surface area (Å²) in [4.78, 5) is 5.67. The van der Waals surface area contributed by atoms with E-state index in [4.69, 9.17) is 5.73 Å². The Morgan fingerprint density at radius 3 is 3.11 bits per heavy atom. The molecule has 0 bridgehead atoms. The predicted molar refractivity (Wildman–Crippen MR) is 79.1 cm³/mol. The zero-order chi connectivity index (χ0) is 13.2. The molecule has 4 N–H and O–H groups in total. The topological polar surface area (TPSA) is 57.1 Å². The minimum absolute atomic E-state index is 0.0835. The summed E-state index contributed by atoms with van der Waals surface area (Å²) < 4.78 is 0. The van der Waals surface area contributed by atoms with Gasteiger partial charge < -0.3 is 20.9 Å². The SMILES string of the molecule is CN1CCNC(CC(N)c2c[nH]c3ccccc23)C1. The van der Waals surface area contributed by atoms with E-state index in [-0.39, 0.29) is 6.04 Å². The van der Waals surface area contributed by atoms with Crippen molar-refractivity contribution in [2.24, 2.45) is 5.73 Å². The fraction of sp³-hybridized carbons (Fsp3) is 0.467. The number of piperazine rings is 1. The summed E-state index contributed by atoms with van der Waals surface area (Å²) in [6, 6.07) is 8.92. The van der Waals surface area contributed by atoms with Gasteiger partial charge in [0, 0.05) is 48.8 Å². The molecule has 0 saturated carbocycles. The molecule has 2 atom stereocenters. The highest BCUT2D eigenvalue weighted by atomic mass is 15.2. The second-order valence-corrected chi connectivity index (χ2v) is 5.55. The number of nitrogens with zero attached hydrogens (tertiary/aromatic N) is 1. The van der Waals surface area contributed by atoms with Gasteiger partial charge in [0.25, 0.3) is 0 Å². The van der Waals surface area contributed by atoms with Gasteiger partial charge in [-0.3, -0.25) is 0 Å². The molecule has 19 heavy (non-hydrogen) atoms. The average Bonchev–Trinajstić information content (AvgIpc) is 2.82. The Labute approximate surface area is 114 Å². The molecule has 1 fully saturated rings. The molecular weight excluding hydrogens is 236 g/mol. The van der Waals surface area contributed by atoms with Crippen LogP contribution < -0.4 is 11.1 Å². The van der Waals surface area contributed by atoms with Gasteiger partial charge in [0.15, 0.2) is 0 Å². The number of rotatable bonds is 3. The summed E-state index contributed by atoms with van der Waals surface area (Å²) >= 11 is 0. The van der Waals surface area contributed by atoms with E-state index >= 15 is 0 Å². The lowest BCUT2D eigenvalue weighted by atomic mass is 9.98. The van der Waals surface area contributed by atoms with E-state index < -0.39 is 0 Å². The normalized spacial score (nSPS) is 22.7. The quantitative estimate of drug-likeness (QED) is 0.781. The molecule has 102 valence electrons. The van der Waals surface area contributed by atoms with Crippen LogP contribution in [0.1, 0.15) is 18.0 Å². The predicted octanol–water partition coefficient (Wildman–Crippen LogP) is 1.46. The molecule has 2 aromatic rings. The first kappa shape index (κ1) is 12.7. The molecule has 1 saturated heterocycles. The number of para-hydroxylation sites is 1. The molecule has 4 nitrogen and oxygen atoms in total. The van der Waals surface area contributed by atoms with Crippen LogP contribution in [-0.4, -0.2) is 42.6 Å². The highest BCUT2D eigenvalue weighted by Gasteiger charge is 2.21. The molecule has 1 aliphatic rings. The van der Waals surface area contributed by atoms with Crippen molar-refractivity contribution >= 4 is 10.9 Å². The monoisotopic (exact) mass is 258 g/mol. The van der Waals surface area contributed by atoms with Crippen LogP contribution in [0.4, 0.5) is 0 Å². The Kier molecular flexibility index (Phi) is 3.55. The van der Waals surface area contributed by atoms with Crippen LogP contribution >= 0.6 is 0 Å². The van der Waals surface area contributed by atoms with Gasteiger partial charge in [0.2, 0.25) is 0 Å². The number of aromatic amines is 1. The Hall–Kier alpha value is -1.36. The van der Waals surface area contributed by atoms with Crippen LogP contribution in [-0.2, 0) is 0 Å². The lowest BCUT2D eigenvalue weighted by Gasteiger charge is -2.32. The molecule has 0 aliphatic carbocycles. The number of aromatic nitrogens is 1. The van der Waals surface area contributed by atoms with Gasteiger partial charge in [0.05, 0.1) is 0 Å².